The number of hydrogen-bond donors (Lipinski definition) is 0. The van der Waals surface area contributed by atoms with Crippen LogP contribution in [0.15, 0.2) is 47.0 Å². The van der Waals surface area contributed by atoms with Crippen molar-refractivity contribution in [2.45, 2.75) is 13.0 Å². The fourth-order valence-corrected chi connectivity index (χ4v) is 2.21. The summed E-state index contributed by atoms with van der Waals surface area (Å²) in [5.41, 5.74) is 1.75. The number of aliphatic imine (C=N–C) groups is 1. The molecule has 2 aliphatic rings. The number of benzene rings is 1. The number of hydrogen-bond acceptors (Lipinski definition) is 3. The number of dihydropyridines is 1. The molecule has 2 amide bonds. The van der Waals surface area contributed by atoms with Crippen LogP contribution in [-0.2, 0) is 16.1 Å². The molecule has 2 heterocycles. The second kappa shape index (κ2) is 4.22. The number of carbonyl (C=O) groups excluding carboxylic acids is 2. The molecule has 90 valence electrons. The largest absolute Gasteiger partial charge is 0.280 e. The van der Waals surface area contributed by atoms with Crippen LogP contribution in [0.3, 0.4) is 0 Å². The average molecular weight is 240 g/mol. The lowest BCUT2D eigenvalue weighted by molar-refractivity contribution is -0.136. The van der Waals surface area contributed by atoms with E-state index in [0.29, 0.717) is 24.4 Å². The van der Waals surface area contributed by atoms with Crippen LogP contribution in [-0.4, -0.2) is 29.0 Å². The summed E-state index contributed by atoms with van der Waals surface area (Å²) < 4.78 is 0. The van der Waals surface area contributed by atoms with E-state index in [1.165, 1.54) is 4.90 Å². The Morgan fingerprint density at radius 2 is 1.89 bits per heavy atom. The first-order valence-electron chi connectivity index (χ1n) is 5.92. The summed E-state index contributed by atoms with van der Waals surface area (Å²) in [6, 6.07) is 9.50. The SMILES string of the molecule is O=C1C2=CCCN=C2C(=O)N1Cc1ccccc1. The normalized spacial score (nSPS) is 18.6. The Labute approximate surface area is 105 Å². The zero-order chi connectivity index (χ0) is 12.5. The number of likely N-dealkylation sites (tertiary alicyclic amines) is 1. The van der Waals surface area contributed by atoms with Crippen molar-refractivity contribution in [2.24, 2.45) is 4.99 Å². The minimum atomic E-state index is -0.269. The van der Waals surface area contributed by atoms with Gasteiger partial charge in [-0.15, -0.1) is 0 Å². The van der Waals surface area contributed by atoms with Crippen LogP contribution in [0.25, 0.3) is 0 Å². The molecule has 0 unspecified atom stereocenters. The van der Waals surface area contributed by atoms with E-state index in [-0.39, 0.29) is 11.8 Å². The summed E-state index contributed by atoms with van der Waals surface area (Å²) in [5, 5.41) is 0. The van der Waals surface area contributed by atoms with Gasteiger partial charge in [0.05, 0.1) is 12.1 Å². The van der Waals surface area contributed by atoms with Crippen LogP contribution < -0.4 is 0 Å². The molecule has 18 heavy (non-hydrogen) atoms. The predicted molar refractivity (Wildman–Crippen MR) is 67.0 cm³/mol. The van der Waals surface area contributed by atoms with E-state index in [1.807, 2.05) is 36.4 Å². The van der Waals surface area contributed by atoms with E-state index in [2.05, 4.69) is 4.99 Å². The van der Waals surface area contributed by atoms with Gasteiger partial charge in [-0.3, -0.25) is 19.5 Å². The summed E-state index contributed by atoms with van der Waals surface area (Å²) in [6.45, 7) is 0.909. The highest BCUT2D eigenvalue weighted by Gasteiger charge is 2.40. The van der Waals surface area contributed by atoms with Crippen LogP contribution in [0, 0.1) is 0 Å². The first-order chi connectivity index (χ1) is 8.77. The third kappa shape index (κ3) is 1.66. The van der Waals surface area contributed by atoms with Crippen LogP contribution in [0.2, 0.25) is 0 Å². The summed E-state index contributed by atoms with van der Waals surface area (Å²) in [4.78, 5) is 29.6. The third-order valence-corrected chi connectivity index (χ3v) is 3.11. The quantitative estimate of drug-likeness (QED) is 0.732. The molecule has 0 radical (unpaired) electrons. The third-order valence-electron chi connectivity index (χ3n) is 3.11. The maximum Gasteiger partial charge on any atom is 0.280 e. The van der Waals surface area contributed by atoms with Gasteiger partial charge in [-0.2, -0.15) is 0 Å². The zero-order valence-electron chi connectivity index (χ0n) is 9.80. The zero-order valence-corrected chi connectivity index (χ0v) is 9.80. The van der Waals surface area contributed by atoms with Crippen molar-refractivity contribution < 1.29 is 9.59 Å². The number of carbonyl (C=O) groups is 2. The average Bonchev–Trinajstić information content (AvgIpc) is 2.66. The molecule has 0 bridgehead atoms. The van der Waals surface area contributed by atoms with Gasteiger partial charge >= 0.3 is 0 Å². The van der Waals surface area contributed by atoms with Crippen molar-refractivity contribution in [3.63, 3.8) is 0 Å². The molecule has 0 saturated carbocycles. The van der Waals surface area contributed by atoms with Gasteiger partial charge in [0.25, 0.3) is 11.8 Å². The second-order valence-corrected chi connectivity index (χ2v) is 4.32. The van der Waals surface area contributed by atoms with Gasteiger partial charge < -0.3 is 0 Å². The molecule has 2 aliphatic heterocycles. The highest BCUT2D eigenvalue weighted by molar-refractivity contribution is 6.58. The lowest BCUT2D eigenvalue weighted by Crippen LogP contribution is -2.30. The minimum Gasteiger partial charge on any atom is -0.279 e. The number of nitrogens with zero attached hydrogens (tertiary/aromatic N) is 2. The van der Waals surface area contributed by atoms with Gasteiger partial charge in [-0.05, 0) is 12.0 Å². The van der Waals surface area contributed by atoms with Crippen molar-refractivity contribution in [3.05, 3.63) is 47.5 Å². The van der Waals surface area contributed by atoms with Gasteiger partial charge in [0.1, 0.15) is 5.71 Å². The molecule has 0 aliphatic carbocycles. The van der Waals surface area contributed by atoms with E-state index in [9.17, 15) is 9.59 Å². The Balaban J connectivity index is 1.90. The molecule has 0 spiro atoms. The number of imide groups is 1. The second-order valence-electron chi connectivity index (χ2n) is 4.32. The van der Waals surface area contributed by atoms with Gasteiger partial charge in [0, 0.05) is 6.54 Å². The first kappa shape index (κ1) is 10.9. The number of rotatable bonds is 2. The molecule has 0 N–H and O–H groups in total. The number of amides is 2. The Morgan fingerprint density at radius 1 is 1.11 bits per heavy atom. The van der Waals surface area contributed by atoms with Crippen LogP contribution in [0.1, 0.15) is 12.0 Å². The standard InChI is InChI=1S/C14H12N2O2/c17-13-11-7-4-8-15-12(11)14(18)16(13)9-10-5-2-1-3-6-10/h1-3,5-7H,4,8-9H2. The lowest BCUT2D eigenvalue weighted by Gasteiger charge is -2.12. The van der Waals surface area contributed by atoms with Gasteiger partial charge in [-0.1, -0.05) is 36.4 Å². The smallest absolute Gasteiger partial charge is 0.279 e. The molecule has 4 heteroatoms. The molecule has 1 aromatic rings. The monoisotopic (exact) mass is 240 g/mol. The summed E-state index contributed by atoms with van der Waals surface area (Å²) in [6.07, 6.45) is 2.55. The maximum atomic E-state index is 12.1. The topological polar surface area (TPSA) is 49.7 Å². The van der Waals surface area contributed by atoms with Gasteiger partial charge in [-0.25, -0.2) is 0 Å². The van der Waals surface area contributed by atoms with E-state index in [1.54, 1.807) is 0 Å². The minimum absolute atomic E-state index is 0.220. The number of fused-ring (bicyclic) bond motifs is 1. The van der Waals surface area contributed by atoms with Gasteiger partial charge in [0.2, 0.25) is 0 Å². The summed E-state index contributed by atoms with van der Waals surface area (Å²) in [5.74, 6) is -0.489. The van der Waals surface area contributed by atoms with Crippen LogP contribution in [0.4, 0.5) is 0 Å². The van der Waals surface area contributed by atoms with E-state index < -0.39 is 0 Å². The van der Waals surface area contributed by atoms with E-state index >= 15 is 0 Å². The molecule has 4 nitrogen and oxygen atoms in total. The van der Waals surface area contributed by atoms with Crippen molar-refractivity contribution in [1.29, 1.82) is 0 Å². The molecule has 1 saturated heterocycles. The fraction of sp³-hybridized carbons (Fsp3) is 0.214. The Hall–Kier alpha value is -2.23. The molecule has 1 fully saturated rings. The summed E-state index contributed by atoms with van der Waals surface area (Å²) >= 11 is 0. The summed E-state index contributed by atoms with van der Waals surface area (Å²) in [7, 11) is 0. The van der Waals surface area contributed by atoms with Crippen LogP contribution >= 0.6 is 0 Å². The first-order valence-corrected chi connectivity index (χ1v) is 5.92. The van der Waals surface area contributed by atoms with Gasteiger partial charge in [0.15, 0.2) is 0 Å². The van der Waals surface area contributed by atoms with Crippen molar-refractivity contribution >= 4 is 17.5 Å². The Kier molecular flexibility index (Phi) is 2.55. The molecule has 0 atom stereocenters. The van der Waals surface area contributed by atoms with Crippen LogP contribution in [0.5, 0.6) is 0 Å². The molecular weight excluding hydrogens is 228 g/mol. The highest BCUT2D eigenvalue weighted by atomic mass is 16.2. The van der Waals surface area contributed by atoms with Crippen molar-refractivity contribution in [3.8, 4) is 0 Å². The van der Waals surface area contributed by atoms with E-state index in [0.717, 1.165) is 12.0 Å². The predicted octanol–water partition coefficient (Wildman–Crippen LogP) is 1.33. The highest BCUT2D eigenvalue weighted by Crippen LogP contribution is 2.22. The maximum absolute atomic E-state index is 12.1. The molecule has 1 aromatic carbocycles. The Bertz CT molecular complexity index is 541. The molecule has 3 rings (SSSR count). The van der Waals surface area contributed by atoms with E-state index in [4.69, 9.17) is 0 Å². The fourth-order valence-electron chi connectivity index (χ4n) is 2.21. The molecular formula is C14H12N2O2. The molecule has 0 aromatic heterocycles. The van der Waals surface area contributed by atoms with Crippen molar-refractivity contribution in [1.82, 2.24) is 4.90 Å². The van der Waals surface area contributed by atoms with Crippen molar-refractivity contribution in [2.75, 3.05) is 6.54 Å². The Morgan fingerprint density at radius 3 is 2.61 bits per heavy atom. The lowest BCUT2D eigenvalue weighted by atomic mass is 10.1.